The summed E-state index contributed by atoms with van der Waals surface area (Å²) in [6.07, 6.45) is 6.78. The standard InChI is InChI=1S/C22H23N7O2/c1-13(2)28-11-18(17-10-23-7-6-19(17)28)22(31)16-5-8-24-20(9-16)26-21(30)12-29-15(4)25-14(3)27-29/h5-11,13H,12H2,1-4H3,(H,24,26,30). The Labute approximate surface area is 179 Å². The first-order chi connectivity index (χ1) is 14.8. The van der Waals surface area contributed by atoms with Crippen LogP contribution >= 0.6 is 0 Å². The second kappa shape index (κ2) is 8.10. The zero-order valence-electron chi connectivity index (χ0n) is 17.8. The van der Waals surface area contributed by atoms with Gasteiger partial charge in [-0.2, -0.15) is 5.10 Å². The molecule has 0 aliphatic heterocycles. The molecule has 0 aliphatic rings. The third-order valence-electron chi connectivity index (χ3n) is 4.98. The van der Waals surface area contributed by atoms with Crippen molar-refractivity contribution in [2.24, 2.45) is 0 Å². The summed E-state index contributed by atoms with van der Waals surface area (Å²) in [6, 6.07) is 5.31. The molecule has 4 aromatic heterocycles. The lowest BCUT2D eigenvalue weighted by atomic mass is 10.0. The van der Waals surface area contributed by atoms with E-state index in [4.69, 9.17) is 0 Å². The predicted octanol–water partition coefficient (Wildman–Crippen LogP) is 3.09. The maximum atomic E-state index is 13.3. The highest BCUT2D eigenvalue weighted by Gasteiger charge is 2.19. The maximum absolute atomic E-state index is 13.3. The van der Waals surface area contributed by atoms with Crippen molar-refractivity contribution in [2.45, 2.75) is 40.3 Å². The van der Waals surface area contributed by atoms with Gasteiger partial charge in [0.25, 0.3) is 0 Å². The van der Waals surface area contributed by atoms with Gasteiger partial charge < -0.3 is 9.88 Å². The first-order valence-electron chi connectivity index (χ1n) is 9.96. The molecule has 4 heterocycles. The average Bonchev–Trinajstić information content (AvgIpc) is 3.27. The molecule has 0 spiro atoms. The van der Waals surface area contributed by atoms with Crippen molar-refractivity contribution in [1.82, 2.24) is 29.3 Å². The van der Waals surface area contributed by atoms with Crippen LogP contribution in [0.1, 0.15) is 47.5 Å². The predicted molar refractivity (Wildman–Crippen MR) is 116 cm³/mol. The average molecular weight is 417 g/mol. The molecule has 158 valence electrons. The summed E-state index contributed by atoms with van der Waals surface area (Å²) >= 11 is 0. The molecule has 0 saturated heterocycles. The number of hydrogen-bond acceptors (Lipinski definition) is 6. The van der Waals surface area contributed by atoms with E-state index in [9.17, 15) is 9.59 Å². The summed E-state index contributed by atoms with van der Waals surface area (Å²) in [7, 11) is 0. The fourth-order valence-electron chi connectivity index (χ4n) is 3.53. The second-order valence-electron chi connectivity index (χ2n) is 7.61. The van der Waals surface area contributed by atoms with Crippen LogP contribution in [0.2, 0.25) is 0 Å². The Bertz CT molecular complexity index is 1290. The number of carbonyl (C=O) groups excluding carboxylic acids is 2. The van der Waals surface area contributed by atoms with Crippen LogP contribution in [0.5, 0.6) is 0 Å². The number of amides is 1. The van der Waals surface area contributed by atoms with Crippen LogP contribution < -0.4 is 5.32 Å². The van der Waals surface area contributed by atoms with Crippen LogP contribution in [0.3, 0.4) is 0 Å². The number of pyridine rings is 2. The number of aromatic nitrogens is 6. The van der Waals surface area contributed by atoms with Crippen molar-refractivity contribution < 1.29 is 9.59 Å². The van der Waals surface area contributed by atoms with Gasteiger partial charge in [0, 0.05) is 47.3 Å². The molecular formula is C22H23N7O2. The van der Waals surface area contributed by atoms with Crippen molar-refractivity contribution in [1.29, 1.82) is 0 Å². The Balaban J connectivity index is 1.58. The lowest BCUT2D eigenvalue weighted by molar-refractivity contribution is -0.117. The van der Waals surface area contributed by atoms with E-state index in [-0.39, 0.29) is 24.3 Å². The van der Waals surface area contributed by atoms with E-state index in [1.165, 1.54) is 10.9 Å². The molecular weight excluding hydrogens is 394 g/mol. The van der Waals surface area contributed by atoms with Gasteiger partial charge in [-0.15, -0.1) is 0 Å². The van der Waals surface area contributed by atoms with Gasteiger partial charge in [0.15, 0.2) is 5.78 Å². The second-order valence-corrected chi connectivity index (χ2v) is 7.61. The van der Waals surface area contributed by atoms with E-state index in [1.807, 2.05) is 12.3 Å². The van der Waals surface area contributed by atoms with E-state index in [1.54, 1.807) is 38.4 Å². The number of rotatable bonds is 6. The summed E-state index contributed by atoms with van der Waals surface area (Å²) in [4.78, 5) is 38.2. The molecule has 0 fully saturated rings. The van der Waals surface area contributed by atoms with Crippen LogP contribution in [-0.4, -0.2) is 41.0 Å². The molecule has 0 unspecified atom stereocenters. The van der Waals surface area contributed by atoms with Crippen molar-refractivity contribution in [3.63, 3.8) is 0 Å². The summed E-state index contributed by atoms with van der Waals surface area (Å²) in [5, 5.41) is 7.70. The number of carbonyl (C=O) groups is 2. The molecule has 4 rings (SSSR count). The molecule has 31 heavy (non-hydrogen) atoms. The smallest absolute Gasteiger partial charge is 0.247 e. The van der Waals surface area contributed by atoms with Gasteiger partial charge in [-0.25, -0.2) is 14.6 Å². The summed E-state index contributed by atoms with van der Waals surface area (Å²) < 4.78 is 3.57. The Morgan fingerprint density at radius 2 is 1.97 bits per heavy atom. The number of aryl methyl sites for hydroxylation is 2. The Kier molecular flexibility index (Phi) is 5.33. The molecule has 0 aromatic carbocycles. The van der Waals surface area contributed by atoms with Crippen molar-refractivity contribution in [3.8, 4) is 0 Å². The van der Waals surface area contributed by atoms with Crippen LogP contribution in [0.25, 0.3) is 10.9 Å². The SMILES string of the molecule is Cc1nc(C)n(CC(=O)Nc2cc(C(=O)c3cn(C(C)C)c4ccncc34)ccn2)n1. The van der Waals surface area contributed by atoms with E-state index in [2.05, 4.69) is 43.8 Å². The first kappa shape index (κ1) is 20.4. The molecule has 0 aliphatic carbocycles. The van der Waals surface area contributed by atoms with Crippen LogP contribution in [0, 0.1) is 13.8 Å². The highest BCUT2D eigenvalue weighted by atomic mass is 16.2. The molecule has 1 N–H and O–H groups in total. The molecule has 1 amide bonds. The minimum atomic E-state index is -0.300. The molecule has 9 heteroatoms. The Morgan fingerprint density at radius 1 is 1.16 bits per heavy atom. The largest absolute Gasteiger partial charge is 0.344 e. The fourth-order valence-corrected chi connectivity index (χ4v) is 3.53. The minimum Gasteiger partial charge on any atom is -0.344 e. The van der Waals surface area contributed by atoms with Gasteiger partial charge in [-0.1, -0.05) is 0 Å². The number of ketones is 1. The highest BCUT2D eigenvalue weighted by molar-refractivity contribution is 6.16. The monoisotopic (exact) mass is 417 g/mol. The number of hydrogen-bond donors (Lipinski definition) is 1. The molecule has 0 bridgehead atoms. The van der Waals surface area contributed by atoms with E-state index in [0.29, 0.717) is 28.6 Å². The maximum Gasteiger partial charge on any atom is 0.247 e. The van der Waals surface area contributed by atoms with Gasteiger partial charge in [0.2, 0.25) is 5.91 Å². The summed E-state index contributed by atoms with van der Waals surface area (Å²) in [5.74, 6) is 1.10. The zero-order chi connectivity index (χ0) is 22.1. The molecule has 9 nitrogen and oxygen atoms in total. The quantitative estimate of drug-likeness (QED) is 0.483. The highest BCUT2D eigenvalue weighted by Crippen LogP contribution is 2.26. The topological polar surface area (TPSA) is 108 Å². The number of fused-ring (bicyclic) bond motifs is 1. The summed E-state index contributed by atoms with van der Waals surface area (Å²) in [5.41, 5.74) is 1.95. The van der Waals surface area contributed by atoms with E-state index in [0.717, 1.165) is 10.9 Å². The van der Waals surface area contributed by atoms with Crippen LogP contribution in [0.4, 0.5) is 5.82 Å². The van der Waals surface area contributed by atoms with Gasteiger partial charge in [-0.3, -0.25) is 14.6 Å². The van der Waals surface area contributed by atoms with Gasteiger partial charge in [0.1, 0.15) is 24.0 Å². The zero-order valence-corrected chi connectivity index (χ0v) is 17.8. The molecule has 4 aromatic rings. The Hall–Kier alpha value is -3.88. The van der Waals surface area contributed by atoms with Crippen LogP contribution in [-0.2, 0) is 11.3 Å². The van der Waals surface area contributed by atoms with Crippen LogP contribution in [0.15, 0.2) is 43.0 Å². The molecule has 0 atom stereocenters. The third kappa shape index (κ3) is 4.07. The lowest BCUT2D eigenvalue weighted by Crippen LogP contribution is -2.21. The van der Waals surface area contributed by atoms with E-state index >= 15 is 0 Å². The third-order valence-corrected chi connectivity index (χ3v) is 4.98. The molecule has 0 saturated carbocycles. The Morgan fingerprint density at radius 3 is 2.68 bits per heavy atom. The first-order valence-corrected chi connectivity index (χ1v) is 9.96. The normalized spacial score (nSPS) is 11.3. The number of nitrogens with zero attached hydrogens (tertiary/aromatic N) is 6. The van der Waals surface area contributed by atoms with Gasteiger partial charge in [0.05, 0.1) is 5.52 Å². The lowest BCUT2D eigenvalue weighted by Gasteiger charge is -2.08. The van der Waals surface area contributed by atoms with Crippen molar-refractivity contribution in [2.75, 3.05) is 5.32 Å². The molecule has 0 radical (unpaired) electrons. The number of nitrogens with one attached hydrogen (secondary N) is 1. The fraction of sp³-hybridized carbons (Fsp3) is 0.273. The minimum absolute atomic E-state index is 0.0140. The van der Waals surface area contributed by atoms with Crippen molar-refractivity contribution in [3.05, 3.63) is 65.8 Å². The van der Waals surface area contributed by atoms with Gasteiger partial charge in [-0.05, 0) is 45.9 Å². The number of anilines is 1. The van der Waals surface area contributed by atoms with Crippen molar-refractivity contribution >= 4 is 28.4 Å². The van der Waals surface area contributed by atoms with E-state index < -0.39 is 0 Å². The van der Waals surface area contributed by atoms with Gasteiger partial charge >= 0.3 is 0 Å². The summed E-state index contributed by atoms with van der Waals surface area (Å²) in [6.45, 7) is 7.69.